The minimum atomic E-state index is -0.446. The lowest BCUT2D eigenvalue weighted by Gasteiger charge is -2.17. The van der Waals surface area contributed by atoms with E-state index in [1.807, 2.05) is 18.0 Å². The minimum absolute atomic E-state index is 0.0406. The smallest absolute Gasteiger partial charge is 0.269 e. The molecular formula is C18H20Cl2N4O3. The standard InChI is InChI=1S/C18H20Cl2N4O3/c1-23(11-13-2-7-16(19)17(20)10-13)12-18(25)22-9-8-21-14-3-5-15(6-4-14)24(26)27/h2-7,10,21H,8-9,11-12H2,1H3,(H,22,25). The molecule has 0 unspecified atom stereocenters. The third-order valence-electron chi connectivity index (χ3n) is 3.70. The van der Waals surface area contributed by atoms with Crippen molar-refractivity contribution in [3.05, 3.63) is 68.2 Å². The lowest BCUT2D eigenvalue weighted by Crippen LogP contribution is -2.37. The molecule has 0 bridgehead atoms. The van der Waals surface area contributed by atoms with E-state index in [0.717, 1.165) is 11.3 Å². The van der Waals surface area contributed by atoms with E-state index in [1.54, 1.807) is 24.3 Å². The Labute approximate surface area is 167 Å². The van der Waals surface area contributed by atoms with Gasteiger partial charge in [0, 0.05) is 37.5 Å². The Balaban J connectivity index is 1.67. The van der Waals surface area contributed by atoms with Crippen LogP contribution in [0.4, 0.5) is 11.4 Å². The SMILES string of the molecule is CN(CC(=O)NCCNc1ccc([N+](=O)[O-])cc1)Cc1ccc(Cl)c(Cl)c1. The Bertz CT molecular complexity index is 800. The highest BCUT2D eigenvalue weighted by molar-refractivity contribution is 6.42. The summed E-state index contributed by atoms with van der Waals surface area (Å²) in [5.74, 6) is -0.0944. The average molecular weight is 411 g/mol. The summed E-state index contributed by atoms with van der Waals surface area (Å²) in [5, 5.41) is 17.5. The predicted molar refractivity (Wildman–Crippen MR) is 107 cm³/mol. The Kier molecular flexibility index (Phi) is 7.84. The maximum Gasteiger partial charge on any atom is 0.269 e. The van der Waals surface area contributed by atoms with Gasteiger partial charge in [0.15, 0.2) is 0 Å². The van der Waals surface area contributed by atoms with Gasteiger partial charge in [0.25, 0.3) is 5.69 Å². The van der Waals surface area contributed by atoms with Gasteiger partial charge in [-0.2, -0.15) is 0 Å². The van der Waals surface area contributed by atoms with Crippen molar-refractivity contribution in [3.8, 4) is 0 Å². The summed E-state index contributed by atoms with van der Waals surface area (Å²) in [6, 6.07) is 11.5. The summed E-state index contributed by atoms with van der Waals surface area (Å²) in [7, 11) is 1.84. The molecule has 1 amide bonds. The maximum atomic E-state index is 12.0. The van der Waals surface area contributed by atoms with Crippen LogP contribution in [0.3, 0.4) is 0 Å². The zero-order chi connectivity index (χ0) is 19.8. The number of rotatable bonds is 9. The number of halogens is 2. The van der Waals surface area contributed by atoms with Crippen molar-refractivity contribution < 1.29 is 9.72 Å². The summed E-state index contributed by atoms with van der Waals surface area (Å²) in [5.41, 5.74) is 1.77. The van der Waals surface area contributed by atoms with Crippen molar-refractivity contribution in [1.29, 1.82) is 0 Å². The molecule has 0 fully saturated rings. The number of likely N-dealkylation sites (N-methyl/N-ethyl adjacent to an activating group) is 1. The van der Waals surface area contributed by atoms with Crippen LogP contribution in [0.15, 0.2) is 42.5 Å². The molecule has 0 saturated carbocycles. The lowest BCUT2D eigenvalue weighted by atomic mass is 10.2. The number of nitrogens with one attached hydrogen (secondary N) is 2. The number of benzene rings is 2. The van der Waals surface area contributed by atoms with Crippen LogP contribution in [0.5, 0.6) is 0 Å². The first-order valence-electron chi connectivity index (χ1n) is 8.22. The molecule has 2 aromatic rings. The van der Waals surface area contributed by atoms with Gasteiger partial charge in [0.2, 0.25) is 5.91 Å². The lowest BCUT2D eigenvalue weighted by molar-refractivity contribution is -0.384. The second-order valence-corrected chi connectivity index (χ2v) is 6.82. The van der Waals surface area contributed by atoms with Gasteiger partial charge in [-0.15, -0.1) is 0 Å². The third kappa shape index (κ3) is 7.05. The summed E-state index contributed by atoms with van der Waals surface area (Å²) < 4.78 is 0. The summed E-state index contributed by atoms with van der Waals surface area (Å²) in [6.07, 6.45) is 0. The first-order chi connectivity index (χ1) is 12.8. The number of nitro benzene ring substituents is 1. The zero-order valence-corrected chi connectivity index (χ0v) is 16.3. The molecule has 27 heavy (non-hydrogen) atoms. The number of carbonyl (C=O) groups excluding carboxylic acids is 1. The normalized spacial score (nSPS) is 10.7. The molecule has 0 aliphatic heterocycles. The Morgan fingerprint density at radius 3 is 2.44 bits per heavy atom. The fourth-order valence-electron chi connectivity index (χ4n) is 2.42. The predicted octanol–water partition coefficient (Wildman–Crippen LogP) is 3.56. The van der Waals surface area contributed by atoms with Crippen molar-refractivity contribution in [1.82, 2.24) is 10.2 Å². The van der Waals surface area contributed by atoms with E-state index in [4.69, 9.17) is 23.2 Å². The number of hydrogen-bond acceptors (Lipinski definition) is 5. The van der Waals surface area contributed by atoms with Crippen molar-refractivity contribution in [2.75, 3.05) is 32.0 Å². The zero-order valence-electron chi connectivity index (χ0n) is 14.7. The monoisotopic (exact) mass is 410 g/mol. The molecule has 2 rings (SSSR count). The van der Waals surface area contributed by atoms with Crippen LogP contribution in [0.2, 0.25) is 10.0 Å². The molecule has 0 spiro atoms. The van der Waals surface area contributed by atoms with Gasteiger partial charge in [-0.3, -0.25) is 19.8 Å². The molecule has 144 valence electrons. The van der Waals surface area contributed by atoms with Crippen LogP contribution in [0.1, 0.15) is 5.56 Å². The second-order valence-electron chi connectivity index (χ2n) is 6.00. The van der Waals surface area contributed by atoms with E-state index >= 15 is 0 Å². The summed E-state index contributed by atoms with van der Waals surface area (Å²) in [4.78, 5) is 24.0. The molecule has 0 radical (unpaired) electrons. The molecule has 0 aliphatic rings. The van der Waals surface area contributed by atoms with Crippen molar-refractivity contribution in [2.45, 2.75) is 6.54 Å². The third-order valence-corrected chi connectivity index (χ3v) is 4.44. The van der Waals surface area contributed by atoms with E-state index in [0.29, 0.717) is 29.7 Å². The fraction of sp³-hybridized carbons (Fsp3) is 0.278. The van der Waals surface area contributed by atoms with Crippen LogP contribution in [0, 0.1) is 10.1 Å². The number of non-ortho nitro benzene ring substituents is 1. The van der Waals surface area contributed by atoms with Crippen LogP contribution in [-0.4, -0.2) is 42.4 Å². The van der Waals surface area contributed by atoms with Crippen molar-refractivity contribution in [2.24, 2.45) is 0 Å². The number of amides is 1. The van der Waals surface area contributed by atoms with E-state index in [1.165, 1.54) is 12.1 Å². The molecule has 2 N–H and O–H groups in total. The van der Waals surface area contributed by atoms with Crippen LogP contribution < -0.4 is 10.6 Å². The highest BCUT2D eigenvalue weighted by Crippen LogP contribution is 2.23. The van der Waals surface area contributed by atoms with E-state index in [2.05, 4.69) is 10.6 Å². The minimum Gasteiger partial charge on any atom is -0.383 e. The topological polar surface area (TPSA) is 87.5 Å². The molecule has 0 aromatic heterocycles. The largest absolute Gasteiger partial charge is 0.383 e. The Hall–Kier alpha value is -2.35. The molecule has 2 aromatic carbocycles. The second kappa shape index (κ2) is 10.1. The van der Waals surface area contributed by atoms with Gasteiger partial charge in [0.05, 0.1) is 21.5 Å². The molecule has 7 nitrogen and oxygen atoms in total. The molecular weight excluding hydrogens is 391 g/mol. The molecule has 0 saturated heterocycles. The maximum absolute atomic E-state index is 12.0. The number of anilines is 1. The summed E-state index contributed by atoms with van der Waals surface area (Å²) >= 11 is 11.9. The van der Waals surface area contributed by atoms with Gasteiger partial charge in [-0.1, -0.05) is 29.3 Å². The Morgan fingerprint density at radius 1 is 1.11 bits per heavy atom. The van der Waals surface area contributed by atoms with Crippen LogP contribution in [-0.2, 0) is 11.3 Å². The first-order valence-corrected chi connectivity index (χ1v) is 8.98. The molecule has 0 atom stereocenters. The molecule has 0 heterocycles. The molecule has 0 aliphatic carbocycles. The van der Waals surface area contributed by atoms with Gasteiger partial charge in [-0.05, 0) is 36.9 Å². The number of carbonyl (C=O) groups is 1. The van der Waals surface area contributed by atoms with Gasteiger partial charge >= 0.3 is 0 Å². The first kappa shape index (κ1) is 21.0. The van der Waals surface area contributed by atoms with Gasteiger partial charge in [0.1, 0.15) is 0 Å². The summed E-state index contributed by atoms with van der Waals surface area (Å²) in [6.45, 7) is 1.78. The van der Waals surface area contributed by atoms with Gasteiger partial charge < -0.3 is 10.6 Å². The van der Waals surface area contributed by atoms with E-state index in [9.17, 15) is 14.9 Å². The molecule has 9 heteroatoms. The van der Waals surface area contributed by atoms with E-state index in [-0.39, 0.29) is 18.1 Å². The number of nitro groups is 1. The average Bonchev–Trinajstić information content (AvgIpc) is 2.62. The Morgan fingerprint density at radius 2 is 1.81 bits per heavy atom. The highest BCUT2D eigenvalue weighted by Gasteiger charge is 2.08. The fourth-order valence-corrected chi connectivity index (χ4v) is 2.74. The van der Waals surface area contributed by atoms with Crippen molar-refractivity contribution >= 4 is 40.5 Å². The van der Waals surface area contributed by atoms with Crippen LogP contribution in [0.25, 0.3) is 0 Å². The van der Waals surface area contributed by atoms with Gasteiger partial charge in [-0.25, -0.2) is 0 Å². The van der Waals surface area contributed by atoms with Crippen LogP contribution >= 0.6 is 23.2 Å². The number of hydrogen-bond donors (Lipinski definition) is 2. The highest BCUT2D eigenvalue weighted by atomic mass is 35.5. The van der Waals surface area contributed by atoms with Crippen molar-refractivity contribution in [3.63, 3.8) is 0 Å². The quantitative estimate of drug-likeness (QED) is 0.374. The number of nitrogens with zero attached hydrogens (tertiary/aromatic N) is 2. The van der Waals surface area contributed by atoms with E-state index < -0.39 is 4.92 Å².